The van der Waals surface area contributed by atoms with Gasteiger partial charge in [0.2, 0.25) is 0 Å². The van der Waals surface area contributed by atoms with Gasteiger partial charge in [0.1, 0.15) is 5.69 Å². The molecule has 0 N–H and O–H groups in total. The Hall–Kier alpha value is -3.32. The predicted octanol–water partition coefficient (Wildman–Crippen LogP) is 2.40. The molecule has 0 unspecified atom stereocenters. The van der Waals surface area contributed by atoms with E-state index in [0.717, 1.165) is 55.3 Å². The van der Waals surface area contributed by atoms with Crippen molar-refractivity contribution in [2.45, 2.75) is 13.0 Å². The minimum absolute atomic E-state index is 0.0908. The quantitative estimate of drug-likeness (QED) is 0.677. The molecule has 0 radical (unpaired) electrons. The van der Waals surface area contributed by atoms with Crippen molar-refractivity contribution in [3.8, 4) is 5.69 Å². The molecule has 2 aliphatic rings. The van der Waals surface area contributed by atoms with E-state index in [1.165, 1.54) is 5.56 Å². The second-order valence-electron chi connectivity index (χ2n) is 7.87. The molecule has 0 saturated carbocycles. The zero-order chi connectivity index (χ0) is 20.5. The molecule has 2 aromatic carbocycles. The average Bonchev–Trinajstić information content (AvgIpc) is 3.37. The van der Waals surface area contributed by atoms with Gasteiger partial charge in [0.15, 0.2) is 0 Å². The number of hydrogen-bond donors (Lipinski definition) is 0. The van der Waals surface area contributed by atoms with Crippen LogP contribution >= 0.6 is 0 Å². The lowest BCUT2D eigenvalue weighted by Crippen LogP contribution is -2.34. The van der Waals surface area contributed by atoms with Crippen molar-refractivity contribution in [1.82, 2.24) is 24.8 Å². The first-order valence-electron chi connectivity index (χ1n) is 10.3. The summed E-state index contributed by atoms with van der Waals surface area (Å²) in [7, 11) is 2.10. The van der Waals surface area contributed by atoms with Crippen LogP contribution in [0.3, 0.4) is 0 Å². The summed E-state index contributed by atoms with van der Waals surface area (Å²) < 4.78 is 1.73. The maximum atomic E-state index is 12.9. The average molecular weight is 400 g/mol. The number of likely N-dealkylation sites (N-methyl/N-ethyl adjacent to an activating group) is 1. The SMILES string of the molecule is CN1CCCN(C(=O)c2ccc(-n3cc(C4=NCc5ccccc54)nn3)cc2)CC1. The summed E-state index contributed by atoms with van der Waals surface area (Å²) in [5, 5.41) is 8.60. The Morgan fingerprint density at radius 1 is 0.967 bits per heavy atom. The summed E-state index contributed by atoms with van der Waals surface area (Å²) >= 11 is 0. The van der Waals surface area contributed by atoms with Gasteiger partial charge < -0.3 is 9.80 Å². The molecule has 0 atom stereocenters. The number of fused-ring (bicyclic) bond motifs is 1. The molecule has 7 heteroatoms. The molecule has 0 aliphatic carbocycles. The minimum atomic E-state index is 0.0908. The molecule has 3 heterocycles. The first-order chi connectivity index (χ1) is 14.7. The van der Waals surface area contributed by atoms with Crippen molar-refractivity contribution >= 4 is 11.6 Å². The lowest BCUT2D eigenvalue weighted by atomic mass is 10.0. The van der Waals surface area contributed by atoms with E-state index in [4.69, 9.17) is 0 Å². The van der Waals surface area contributed by atoms with Crippen LogP contribution in [-0.2, 0) is 6.54 Å². The van der Waals surface area contributed by atoms with Crippen LogP contribution in [0.15, 0.2) is 59.7 Å². The van der Waals surface area contributed by atoms with Crippen LogP contribution < -0.4 is 0 Å². The number of amides is 1. The van der Waals surface area contributed by atoms with Gasteiger partial charge in [0.05, 0.1) is 24.1 Å². The van der Waals surface area contributed by atoms with Gasteiger partial charge >= 0.3 is 0 Å². The van der Waals surface area contributed by atoms with Crippen LogP contribution in [0.2, 0.25) is 0 Å². The maximum absolute atomic E-state index is 12.9. The molecule has 1 aromatic heterocycles. The summed E-state index contributed by atoms with van der Waals surface area (Å²) in [4.78, 5) is 21.7. The second kappa shape index (κ2) is 7.84. The van der Waals surface area contributed by atoms with E-state index in [2.05, 4.69) is 39.4 Å². The number of aromatic nitrogens is 3. The number of benzene rings is 2. The highest BCUT2D eigenvalue weighted by molar-refractivity contribution is 6.13. The molecule has 3 aromatic rings. The zero-order valence-electron chi connectivity index (χ0n) is 17.0. The van der Waals surface area contributed by atoms with E-state index in [1.54, 1.807) is 4.68 Å². The minimum Gasteiger partial charge on any atom is -0.337 e. The lowest BCUT2D eigenvalue weighted by Gasteiger charge is -2.20. The Labute approximate surface area is 175 Å². The highest BCUT2D eigenvalue weighted by atomic mass is 16.2. The van der Waals surface area contributed by atoms with Gasteiger partial charge in [-0.2, -0.15) is 0 Å². The molecule has 1 saturated heterocycles. The van der Waals surface area contributed by atoms with Crippen molar-refractivity contribution in [3.63, 3.8) is 0 Å². The smallest absolute Gasteiger partial charge is 0.253 e. The van der Waals surface area contributed by atoms with Crippen LogP contribution in [0.1, 0.15) is 33.6 Å². The van der Waals surface area contributed by atoms with E-state index in [9.17, 15) is 4.79 Å². The lowest BCUT2D eigenvalue weighted by molar-refractivity contribution is 0.0763. The van der Waals surface area contributed by atoms with Gasteiger partial charge in [0, 0.05) is 30.8 Å². The number of hydrogen-bond acceptors (Lipinski definition) is 5. The Balaban J connectivity index is 1.33. The normalized spacial score (nSPS) is 16.8. The van der Waals surface area contributed by atoms with E-state index in [1.807, 2.05) is 47.5 Å². The maximum Gasteiger partial charge on any atom is 0.253 e. The summed E-state index contributed by atoms with van der Waals surface area (Å²) in [6.07, 6.45) is 2.90. The second-order valence-corrected chi connectivity index (χ2v) is 7.87. The third kappa shape index (κ3) is 3.52. The fraction of sp³-hybridized carbons (Fsp3) is 0.304. The number of nitrogens with zero attached hydrogens (tertiary/aromatic N) is 6. The molecular weight excluding hydrogens is 376 g/mol. The van der Waals surface area contributed by atoms with Gasteiger partial charge in [-0.25, -0.2) is 4.68 Å². The van der Waals surface area contributed by atoms with Gasteiger partial charge in [-0.1, -0.05) is 29.5 Å². The highest BCUT2D eigenvalue weighted by Gasteiger charge is 2.21. The van der Waals surface area contributed by atoms with Gasteiger partial charge in [-0.15, -0.1) is 5.10 Å². The van der Waals surface area contributed by atoms with Crippen molar-refractivity contribution in [1.29, 1.82) is 0 Å². The fourth-order valence-electron chi connectivity index (χ4n) is 4.05. The van der Waals surface area contributed by atoms with Crippen LogP contribution in [0.4, 0.5) is 0 Å². The molecular formula is C23H24N6O. The monoisotopic (exact) mass is 400 g/mol. The van der Waals surface area contributed by atoms with Crippen LogP contribution in [0, 0.1) is 0 Å². The first kappa shape index (κ1) is 18.7. The van der Waals surface area contributed by atoms with E-state index in [-0.39, 0.29) is 5.91 Å². The van der Waals surface area contributed by atoms with Crippen molar-refractivity contribution in [2.24, 2.45) is 4.99 Å². The fourth-order valence-corrected chi connectivity index (χ4v) is 4.05. The number of carbonyl (C=O) groups is 1. The Kier molecular flexibility index (Phi) is 4.88. The van der Waals surface area contributed by atoms with Crippen molar-refractivity contribution in [3.05, 3.63) is 77.1 Å². The number of aliphatic imine (C=N–C) groups is 1. The van der Waals surface area contributed by atoms with Crippen LogP contribution in [0.25, 0.3) is 5.69 Å². The van der Waals surface area contributed by atoms with Crippen LogP contribution in [-0.4, -0.2) is 69.6 Å². The van der Waals surface area contributed by atoms with Crippen molar-refractivity contribution in [2.75, 3.05) is 33.2 Å². The standard InChI is InChI=1S/C23H24N6O/c1-27-11-4-12-28(14-13-27)23(30)17-7-9-19(10-8-17)29-16-21(25-26-29)22-20-6-3-2-5-18(20)15-24-22/h2-3,5-10,16H,4,11-15H2,1H3. The molecule has 7 nitrogen and oxygen atoms in total. The Bertz CT molecular complexity index is 1100. The molecule has 152 valence electrons. The highest BCUT2D eigenvalue weighted by Crippen LogP contribution is 2.22. The molecule has 2 aliphatic heterocycles. The largest absolute Gasteiger partial charge is 0.337 e. The van der Waals surface area contributed by atoms with E-state index >= 15 is 0 Å². The van der Waals surface area contributed by atoms with Gasteiger partial charge in [-0.05, 0) is 49.8 Å². The predicted molar refractivity (Wildman–Crippen MR) is 115 cm³/mol. The summed E-state index contributed by atoms with van der Waals surface area (Å²) in [6.45, 7) is 4.21. The topological polar surface area (TPSA) is 66.6 Å². The number of rotatable bonds is 3. The van der Waals surface area contributed by atoms with Gasteiger partial charge in [0.25, 0.3) is 5.91 Å². The Morgan fingerprint density at radius 2 is 1.80 bits per heavy atom. The molecule has 1 amide bonds. The summed E-state index contributed by atoms with van der Waals surface area (Å²) in [5.74, 6) is 0.0908. The van der Waals surface area contributed by atoms with Crippen LogP contribution in [0.5, 0.6) is 0 Å². The Morgan fingerprint density at radius 3 is 2.67 bits per heavy atom. The van der Waals surface area contributed by atoms with Gasteiger partial charge in [-0.3, -0.25) is 9.79 Å². The van der Waals surface area contributed by atoms with E-state index in [0.29, 0.717) is 12.1 Å². The molecule has 1 fully saturated rings. The first-order valence-corrected chi connectivity index (χ1v) is 10.3. The third-order valence-electron chi connectivity index (χ3n) is 5.80. The summed E-state index contributed by atoms with van der Waals surface area (Å²) in [5.41, 5.74) is 5.55. The summed E-state index contributed by atoms with van der Waals surface area (Å²) in [6, 6.07) is 15.8. The van der Waals surface area contributed by atoms with E-state index < -0.39 is 0 Å². The molecule has 0 spiro atoms. The number of carbonyl (C=O) groups excluding carboxylic acids is 1. The molecule has 0 bridgehead atoms. The zero-order valence-corrected chi connectivity index (χ0v) is 17.0. The van der Waals surface area contributed by atoms with Crippen molar-refractivity contribution < 1.29 is 4.79 Å². The molecule has 30 heavy (non-hydrogen) atoms. The molecule has 5 rings (SSSR count). The third-order valence-corrected chi connectivity index (χ3v) is 5.80.